The number of nitrogens with zero attached hydrogens (tertiary/aromatic N) is 1. The first kappa shape index (κ1) is 16.8. The molecule has 0 spiro atoms. The van der Waals surface area contributed by atoms with Crippen molar-refractivity contribution in [2.45, 2.75) is 50.8 Å². The van der Waals surface area contributed by atoms with Crippen molar-refractivity contribution in [3.8, 4) is 0 Å². The molecule has 0 unspecified atom stereocenters. The normalized spacial score (nSPS) is 18.1. The van der Waals surface area contributed by atoms with Crippen molar-refractivity contribution in [3.63, 3.8) is 0 Å². The molecule has 1 aliphatic heterocycles. The van der Waals surface area contributed by atoms with Gasteiger partial charge in [-0.05, 0) is 55.4 Å². The van der Waals surface area contributed by atoms with Gasteiger partial charge in [-0.3, -0.25) is 0 Å². The third kappa shape index (κ3) is 3.43. The topological polar surface area (TPSA) is 37.4 Å². The number of benzene rings is 1. The average Bonchev–Trinajstić information content (AvgIpc) is 2.47. The van der Waals surface area contributed by atoms with Crippen molar-refractivity contribution in [2.24, 2.45) is 5.92 Å². The number of hydrogen-bond acceptors (Lipinski definition) is 2. The van der Waals surface area contributed by atoms with E-state index >= 15 is 0 Å². The molecule has 118 valence electrons. The van der Waals surface area contributed by atoms with Gasteiger partial charge in [0.05, 0.1) is 4.90 Å². The summed E-state index contributed by atoms with van der Waals surface area (Å²) < 4.78 is 27.4. The molecule has 0 aliphatic carbocycles. The summed E-state index contributed by atoms with van der Waals surface area (Å²) in [6.45, 7) is 7.25. The molecule has 1 heterocycles. The predicted octanol–water partition coefficient (Wildman–Crippen LogP) is 3.85. The molecule has 0 bridgehead atoms. The van der Waals surface area contributed by atoms with E-state index in [1.165, 1.54) is 0 Å². The first-order chi connectivity index (χ1) is 9.90. The van der Waals surface area contributed by atoms with Crippen LogP contribution in [0.25, 0.3) is 0 Å². The zero-order valence-corrected chi connectivity index (χ0v) is 14.6. The molecule has 5 heteroatoms. The van der Waals surface area contributed by atoms with E-state index in [4.69, 9.17) is 11.6 Å². The monoisotopic (exact) mass is 329 g/mol. The quantitative estimate of drug-likeness (QED) is 0.787. The molecule has 3 nitrogen and oxygen atoms in total. The van der Waals surface area contributed by atoms with Crippen LogP contribution in [0, 0.1) is 19.8 Å². The smallest absolute Gasteiger partial charge is 0.207 e. The maximum absolute atomic E-state index is 12.9. The van der Waals surface area contributed by atoms with Crippen LogP contribution in [0.2, 0.25) is 0 Å². The van der Waals surface area contributed by atoms with E-state index in [-0.39, 0.29) is 0 Å². The molecule has 0 amide bonds. The van der Waals surface area contributed by atoms with E-state index in [2.05, 4.69) is 6.92 Å². The van der Waals surface area contributed by atoms with Gasteiger partial charge >= 0.3 is 0 Å². The summed E-state index contributed by atoms with van der Waals surface area (Å²) >= 11 is 5.92. The molecule has 21 heavy (non-hydrogen) atoms. The molecule has 0 atom stereocenters. The predicted molar refractivity (Wildman–Crippen MR) is 87.2 cm³/mol. The van der Waals surface area contributed by atoms with E-state index in [0.29, 0.717) is 29.8 Å². The van der Waals surface area contributed by atoms with E-state index in [1.54, 1.807) is 10.4 Å². The van der Waals surface area contributed by atoms with Crippen molar-refractivity contribution >= 4 is 21.6 Å². The minimum absolute atomic E-state index is 0.340. The van der Waals surface area contributed by atoms with Crippen molar-refractivity contribution < 1.29 is 8.42 Å². The number of hydrogen-bond donors (Lipinski definition) is 0. The van der Waals surface area contributed by atoms with E-state index < -0.39 is 10.0 Å². The molecule has 0 aromatic heterocycles. The van der Waals surface area contributed by atoms with Crippen LogP contribution >= 0.6 is 11.6 Å². The first-order valence-corrected chi connectivity index (χ1v) is 9.53. The Labute approximate surface area is 133 Å². The molecule has 1 aromatic carbocycles. The van der Waals surface area contributed by atoms with Gasteiger partial charge < -0.3 is 0 Å². The van der Waals surface area contributed by atoms with Crippen molar-refractivity contribution in [3.05, 3.63) is 28.8 Å². The molecule has 1 aromatic rings. The lowest BCUT2D eigenvalue weighted by atomic mass is 9.96. The van der Waals surface area contributed by atoms with Crippen LogP contribution in [-0.4, -0.2) is 25.8 Å². The molecular formula is C16H24ClNO2S. The van der Waals surface area contributed by atoms with Crippen LogP contribution in [0.3, 0.4) is 0 Å². The van der Waals surface area contributed by atoms with Crippen LogP contribution in [0.4, 0.5) is 0 Å². The van der Waals surface area contributed by atoms with Gasteiger partial charge in [0.2, 0.25) is 10.0 Å². The number of aryl methyl sites for hydroxylation is 2. The Morgan fingerprint density at radius 3 is 2.33 bits per heavy atom. The van der Waals surface area contributed by atoms with E-state index in [1.807, 2.05) is 19.9 Å². The summed E-state index contributed by atoms with van der Waals surface area (Å²) in [5.74, 6) is 1.00. The van der Waals surface area contributed by atoms with Crippen LogP contribution < -0.4 is 0 Å². The summed E-state index contributed by atoms with van der Waals surface area (Å²) in [6, 6.07) is 3.67. The zero-order chi connectivity index (χ0) is 15.6. The summed E-state index contributed by atoms with van der Waals surface area (Å²) in [5.41, 5.74) is 2.74. The lowest BCUT2D eigenvalue weighted by Gasteiger charge is -2.31. The number of halogens is 1. The molecule has 1 aliphatic rings. The lowest BCUT2D eigenvalue weighted by molar-refractivity contribution is 0.269. The van der Waals surface area contributed by atoms with E-state index in [0.717, 1.165) is 36.0 Å². The van der Waals surface area contributed by atoms with Gasteiger partial charge in [0, 0.05) is 19.0 Å². The van der Waals surface area contributed by atoms with Gasteiger partial charge in [-0.2, -0.15) is 4.31 Å². The fourth-order valence-electron chi connectivity index (χ4n) is 2.99. The fraction of sp³-hybridized carbons (Fsp3) is 0.625. The number of sulfonamides is 1. The van der Waals surface area contributed by atoms with E-state index in [9.17, 15) is 8.42 Å². The Bertz CT molecular complexity index is 605. The van der Waals surface area contributed by atoms with Gasteiger partial charge in [-0.15, -0.1) is 11.6 Å². The Morgan fingerprint density at radius 1 is 1.19 bits per heavy atom. The largest absolute Gasteiger partial charge is 0.243 e. The zero-order valence-electron chi connectivity index (χ0n) is 13.0. The number of piperidine rings is 1. The maximum atomic E-state index is 12.9. The van der Waals surface area contributed by atoms with Crippen LogP contribution in [0.15, 0.2) is 17.0 Å². The first-order valence-electron chi connectivity index (χ1n) is 7.56. The van der Waals surface area contributed by atoms with Crippen LogP contribution in [-0.2, 0) is 15.9 Å². The third-order valence-electron chi connectivity index (χ3n) is 4.55. The van der Waals surface area contributed by atoms with Crippen molar-refractivity contribution in [2.75, 3.05) is 13.1 Å². The Morgan fingerprint density at radius 2 is 1.81 bits per heavy atom. The SMILES string of the molecule is CCC1CCN(S(=O)(=O)c2cc(CCl)c(C)cc2C)CC1. The summed E-state index contributed by atoms with van der Waals surface area (Å²) in [6.07, 6.45) is 3.06. The second kappa shape index (κ2) is 6.67. The Kier molecular flexibility index (Phi) is 5.33. The Balaban J connectivity index is 2.32. The minimum atomic E-state index is -3.40. The molecule has 2 rings (SSSR count). The van der Waals surface area contributed by atoms with Crippen molar-refractivity contribution in [1.82, 2.24) is 4.31 Å². The minimum Gasteiger partial charge on any atom is -0.207 e. The van der Waals surface area contributed by atoms with Gasteiger partial charge in [-0.1, -0.05) is 19.4 Å². The molecule has 1 fully saturated rings. The second-order valence-corrected chi connectivity index (χ2v) is 8.11. The Hall–Kier alpha value is -0.580. The van der Waals surface area contributed by atoms with Crippen molar-refractivity contribution in [1.29, 1.82) is 0 Å². The molecule has 0 N–H and O–H groups in total. The summed E-state index contributed by atoms with van der Waals surface area (Å²) in [5, 5.41) is 0. The standard InChI is InChI=1S/C16H24ClNO2S/c1-4-14-5-7-18(8-6-14)21(19,20)16-10-15(11-17)12(2)9-13(16)3/h9-10,14H,4-8,11H2,1-3H3. The van der Waals surface area contributed by atoms with Gasteiger partial charge in [0.15, 0.2) is 0 Å². The number of rotatable bonds is 4. The molecule has 1 saturated heterocycles. The molecule has 0 radical (unpaired) electrons. The fourth-order valence-corrected chi connectivity index (χ4v) is 5.01. The lowest BCUT2D eigenvalue weighted by Crippen LogP contribution is -2.38. The highest BCUT2D eigenvalue weighted by Gasteiger charge is 2.30. The van der Waals surface area contributed by atoms with Crippen LogP contribution in [0.5, 0.6) is 0 Å². The average molecular weight is 330 g/mol. The third-order valence-corrected chi connectivity index (χ3v) is 6.87. The van der Waals surface area contributed by atoms with Crippen LogP contribution in [0.1, 0.15) is 42.9 Å². The van der Waals surface area contributed by atoms with Gasteiger partial charge in [0.1, 0.15) is 0 Å². The summed E-state index contributed by atoms with van der Waals surface area (Å²) in [4.78, 5) is 0.415. The highest BCUT2D eigenvalue weighted by Crippen LogP contribution is 2.28. The molecule has 0 saturated carbocycles. The number of alkyl halides is 1. The highest BCUT2D eigenvalue weighted by atomic mass is 35.5. The molecular weight excluding hydrogens is 306 g/mol. The second-order valence-electron chi connectivity index (χ2n) is 5.93. The maximum Gasteiger partial charge on any atom is 0.243 e. The van der Waals surface area contributed by atoms with Gasteiger partial charge in [-0.25, -0.2) is 8.42 Å². The van der Waals surface area contributed by atoms with Gasteiger partial charge in [0.25, 0.3) is 0 Å². The highest BCUT2D eigenvalue weighted by molar-refractivity contribution is 7.89. The summed E-state index contributed by atoms with van der Waals surface area (Å²) in [7, 11) is -3.40.